The van der Waals surface area contributed by atoms with Gasteiger partial charge in [0.25, 0.3) is 5.91 Å². The molecule has 3 N–H and O–H groups in total. The molecule has 0 bridgehead atoms. The highest BCUT2D eigenvalue weighted by molar-refractivity contribution is 6.07. The molecule has 1 saturated heterocycles. The van der Waals surface area contributed by atoms with Crippen molar-refractivity contribution in [3.8, 4) is 0 Å². The zero-order valence-electron chi connectivity index (χ0n) is 16.0. The average molecular weight is 386 g/mol. The maximum absolute atomic E-state index is 12.6. The minimum Gasteiger partial charge on any atom is -0.357 e. The maximum Gasteiger partial charge on any atom is 0.325 e. The fraction of sp³-hybridized carbons (Fsp3) is 0.500. The molecule has 28 heavy (non-hydrogen) atoms. The summed E-state index contributed by atoms with van der Waals surface area (Å²) in [6, 6.07) is 7.82. The van der Waals surface area contributed by atoms with Crippen LogP contribution in [0.4, 0.5) is 4.79 Å². The lowest BCUT2D eigenvalue weighted by Gasteiger charge is -2.20. The van der Waals surface area contributed by atoms with Gasteiger partial charge in [-0.05, 0) is 24.8 Å². The number of urea groups is 1. The third-order valence-electron chi connectivity index (χ3n) is 5.44. The van der Waals surface area contributed by atoms with Crippen molar-refractivity contribution in [1.29, 1.82) is 0 Å². The molecule has 1 aliphatic carbocycles. The first-order valence-electron chi connectivity index (χ1n) is 9.67. The van der Waals surface area contributed by atoms with Gasteiger partial charge in [0.1, 0.15) is 11.6 Å². The number of hydrogen-bond acceptors (Lipinski definition) is 4. The molecule has 1 spiro atoms. The highest BCUT2D eigenvalue weighted by Gasteiger charge is 2.52. The first-order valence-corrected chi connectivity index (χ1v) is 9.67. The van der Waals surface area contributed by atoms with Crippen LogP contribution in [0.3, 0.4) is 0 Å². The van der Waals surface area contributed by atoms with Crippen LogP contribution in [0.25, 0.3) is 0 Å². The van der Waals surface area contributed by atoms with Gasteiger partial charge in [0.2, 0.25) is 11.8 Å². The number of benzene rings is 1. The monoisotopic (exact) mass is 386 g/mol. The zero-order valence-corrected chi connectivity index (χ0v) is 16.0. The molecule has 5 amide bonds. The Labute approximate surface area is 164 Å². The summed E-state index contributed by atoms with van der Waals surface area (Å²) in [6.45, 7) is 0.190. The number of rotatable bonds is 7. The van der Waals surface area contributed by atoms with Crippen molar-refractivity contribution in [2.75, 3.05) is 13.6 Å². The van der Waals surface area contributed by atoms with Crippen LogP contribution < -0.4 is 16.0 Å². The molecule has 8 nitrogen and oxygen atoms in total. The summed E-state index contributed by atoms with van der Waals surface area (Å²) in [5, 5.41) is 8.10. The van der Waals surface area contributed by atoms with E-state index < -0.39 is 11.6 Å². The van der Waals surface area contributed by atoms with Crippen LogP contribution in [0.5, 0.6) is 0 Å². The molecule has 1 saturated carbocycles. The molecule has 3 rings (SSSR count). The Kier molecular flexibility index (Phi) is 5.96. The molecule has 1 aliphatic heterocycles. The zero-order chi connectivity index (χ0) is 20.1. The number of nitrogens with one attached hydrogen (secondary N) is 3. The van der Waals surface area contributed by atoms with Crippen molar-refractivity contribution in [3.05, 3.63) is 35.9 Å². The van der Waals surface area contributed by atoms with Gasteiger partial charge in [0.05, 0.1) is 0 Å². The Hall–Kier alpha value is -2.90. The minimum absolute atomic E-state index is 0.115. The largest absolute Gasteiger partial charge is 0.357 e. The Bertz CT molecular complexity index is 759. The lowest BCUT2D eigenvalue weighted by molar-refractivity contribution is -0.131. The maximum atomic E-state index is 12.6. The molecule has 8 heteroatoms. The van der Waals surface area contributed by atoms with Crippen molar-refractivity contribution in [2.45, 2.75) is 50.1 Å². The van der Waals surface area contributed by atoms with Crippen LogP contribution >= 0.6 is 0 Å². The number of imide groups is 1. The third kappa shape index (κ3) is 4.00. The number of likely N-dealkylation sites (N-methyl/N-ethyl adjacent to an activating group) is 1. The average Bonchev–Trinajstić information content (AvgIpc) is 3.26. The van der Waals surface area contributed by atoms with Gasteiger partial charge in [0.15, 0.2) is 0 Å². The fourth-order valence-electron chi connectivity index (χ4n) is 3.92. The van der Waals surface area contributed by atoms with Crippen LogP contribution in [0.15, 0.2) is 30.3 Å². The molecule has 2 aliphatic rings. The summed E-state index contributed by atoms with van der Waals surface area (Å²) in [5.74, 6) is -0.792. The Morgan fingerprint density at radius 2 is 1.86 bits per heavy atom. The van der Waals surface area contributed by atoms with E-state index in [9.17, 15) is 19.2 Å². The molecule has 150 valence electrons. The Balaban J connectivity index is 1.53. The summed E-state index contributed by atoms with van der Waals surface area (Å²) >= 11 is 0. The smallest absolute Gasteiger partial charge is 0.325 e. The molecule has 2 fully saturated rings. The van der Waals surface area contributed by atoms with Crippen LogP contribution in [-0.4, -0.2) is 47.8 Å². The van der Waals surface area contributed by atoms with Gasteiger partial charge in [-0.3, -0.25) is 19.3 Å². The number of carbonyl (C=O) groups excluding carboxylic acids is 4. The standard InChI is InChI=1S/C20H26N4O4/c1-21-17(26)16(14-8-3-2-4-9-14)22-15(25)10-7-13-24-18(27)20(23-19(24)28)11-5-6-12-20/h2-4,8-9,16H,5-7,10-13H2,1H3,(H,21,26)(H,22,25)(H,23,28)/t16-/m0/s1. The highest BCUT2D eigenvalue weighted by Crippen LogP contribution is 2.35. The van der Waals surface area contributed by atoms with Crippen LogP contribution in [-0.2, 0) is 14.4 Å². The van der Waals surface area contributed by atoms with Gasteiger partial charge in [-0.25, -0.2) is 4.79 Å². The summed E-state index contributed by atoms with van der Waals surface area (Å²) < 4.78 is 0. The van der Waals surface area contributed by atoms with Gasteiger partial charge < -0.3 is 16.0 Å². The Morgan fingerprint density at radius 1 is 1.18 bits per heavy atom. The number of hydrogen-bond donors (Lipinski definition) is 3. The number of nitrogens with zero attached hydrogens (tertiary/aromatic N) is 1. The van der Waals surface area contributed by atoms with E-state index in [-0.39, 0.29) is 36.7 Å². The molecule has 1 heterocycles. The van der Waals surface area contributed by atoms with Crippen LogP contribution in [0.1, 0.15) is 50.1 Å². The predicted molar refractivity (Wildman–Crippen MR) is 102 cm³/mol. The first kappa shape index (κ1) is 19.9. The van der Waals surface area contributed by atoms with E-state index in [0.29, 0.717) is 24.8 Å². The van der Waals surface area contributed by atoms with Crippen molar-refractivity contribution in [1.82, 2.24) is 20.9 Å². The van der Waals surface area contributed by atoms with Crippen molar-refractivity contribution >= 4 is 23.8 Å². The normalized spacial score (nSPS) is 18.8. The topological polar surface area (TPSA) is 108 Å². The van der Waals surface area contributed by atoms with Crippen LogP contribution in [0.2, 0.25) is 0 Å². The molecule has 1 aromatic carbocycles. The van der Waals surface area contributed by atoms with E-state index in [4.69, 9.17) is 0 Å². The Morgan fingerprint density at radius 3 is 2.50 bits per heavy atom. The number of amides is 5. The lowest BCUT2D eigenvalue weighted by Crippen LogP contribution is -2.44. The SMILES string of the molecule is CNC(=O)[C@@H](NC(=O)CCCN1C(=O)NC2(CCCC2)C1=O)c1ccccc1. The second kappa shape index (κ2) is 8.41. The molecule has 0 aromatic heterocycles. The summed E-state index contributed by atoms with van der Waals surface area (Å²) in [6.07, 6.45) is 3.69. The summed E-state index contributed by atoms with van der Waals surface area (Å²) in [4.78, 5) is 50.4. The minimum atomic E-state index is -0.780. The summed E-state index contributed by atoms with van der Waals surface area (Å²) in [5.41, 5.74) is -0.0378. The summed E-state index contributed by atoms with van der Waals surface area (Å²) in [7, 11) is 1.51. The van der Waals surface area contributed by atoms with Gasteiger partial charge in [-0.15, -0.1) is 0 Å². The van der Waals surface area contributed by atoms with Crippen molar-refractivity contribution < 1.29 is 19.2 Å². The molecule has 1 aromatic rings. The van der Waals surface area contributed by atoms with E-state index in [2.05, 4.69) is 16.0 Å². The van der Waals surface area contributed by atoms with E-state index in [1.54, 1.807) is 24.3 Å². The number of carbonyl (C=O) groups is 4. The van der Waals surface area contributed by atoms with Crippen molar-refractivity contribution in [2.24, 2.45) is 0 Å². The lowest BCUT2D eigenvalue weighted by atomic mass is 9.98. The van der Waals surface area contributed by atoms with E-state index in [1.807, 2.05) is 6.07 Å². The molecular weight excluding hydrogens is 360 g/mol. The van der Waals surface area contributed by atoms with Crippen molar-refractivity contribution in [3.63, 3.8) is 0 Å². The third-order valence-corrected chi connectivity index (χ3v) is 5.44. The highest BCUT2D eigenvalue weighted by atomic mass is 16.2. The second-order valence-electron chi connectivity index (χ2n) is 7.31. The fourth-order valence-corrected chi connectivity index (χ4v) is 3.92. The second-order valence-corrected chi connectivity index (χ2v) is 7.31. The molecule has 0 unspecified atom stereocenters. The van der Waals surface area contributed by atoms with Gasteiger partial charge in [-0.1, -0.05) is 43.2 Å². The first-order chi connectivity index (χ1) is 13.5. The molecule has 1 atom stereocenters. The van der Waals surface area contributed by atoms with Gasteiger partial charge >= 0.3 is 6.03 Å². The van der Waals surface area contributed by atoms with Gasteiger partial charge in [0, 0.05) is 20.0 Å². The quantitative estimate of drug-likeness (QED) is 0.613. The van der Waals surface area contributed by atoms with Crippen LogP contribution in [0, 0.1) is 0 Å². The molecule has 0 radical (unpaired) electrons. The van der Waals surface area contributed by atoms with E-state index >= 15 is 0 Å². The molecular formula is C20H26N4O4. The van der Waals surface area contributed by atoms with E-state index in [1.165, 1.54) is 11.9 Å². The van der Waals surface area contributed by atoms with Gasteiger partial charge in [-0.2, -0.15) is 0 Å². The predicted octanol–water partition coefficient (Wildman–Crippen LogP) is 1.23. The van der Waals surface area contributed by atoms with E-state index in [0.717, 1.165) is 12.8 Å².